The summed E-state index contributed by atoms with van der Waals surface area (Å²) in [6, 6.07) is 4.84. The SMILES string of the molecule is CC(NCC1CCN(C2CC2)C1)c1ccc(Cl)c(Cl)c1Cl. The van der Waals surface area contributed by atoms with E-state index in [0.29, 0.717) is 15.1 Å². The average Bonchev–Trinajstić information content (AvgIpc) is 3.21. The first-order chi connectivity index (χ1) is 10.1. The van der Waals surface area contributed by atoms with E-state index in [-0.39, 0.29) is 6.04 Å². The molecule has 1 saturated heterocycles. The van der Waals surface area contributed by atoms with Crippen LogP contribution in [0, 0.1) is 5.92 Å². The maximum absolute atomic E-state index is 6.30. The molecule has 1 N–H and O–H groups in total. The van der Waals surface area contributed by atoms with Crippen LogP contribution in [0.2, 0.25) is 15.1 Å². The van der Waals surface area contributed by atoms with Gasteiger partial charge < -0.3 is 10.2 Å². The molecule has 21 heavy (non-hydrogen) atoms. The van der Waals surface area contributed by atoms with Crippen molar-refractivity contribution in [2.75, 3.05) is 19.6 Å². The monoisotopic (exact) mass is 346 g/mol. The van der Waals surface area contributed by atoms with Crippen LogP contribution in [0.5, 0.6) is 0 Å². The molecule has 1 aliphatic heterocycles. The summed E-state index contributed by atoms with van der Waals surface area (Å²) in [7, 11) is 0. The van der Waals surface area contributed by atoms with Gasteiger partial charge in [0.25, 0.3) is 0 Å². The smallest absolute Gasteiger partial charge is 0.0781 e. The van der Waals surface area contributed by atoms with Gasteiger partial charge in [0, 0.05) is 18.6 Å². The molecule has 2 aliphatic rings. The van der Waals surface area contributed by atoms with Gasteiger partial charge in [0.2, 0.25) is 0 Å². The van der Waals surface area contributed by atoms with Crippen LogP contribution in [0.15, 0.2) is 12.1 Å². The maximum Gasteiger partial charge on any atom is 0.0781 e. The Hall–Kier alpha value is 0.01000. The fourth-order valence-electron chi connectivity index (χ4n) is 3.13. The molecule has 1 aliphatic carbocycles. The zero-order chi connectivity index (χ0) is 15.0. The lowest BCUT2D eigenvalue weighted by molar-refractivity contribution is 0.310. The van der Waals surface area contributed by atoms with Crippen LogP contribution >= 0.6 is 34.8 Å². The van der Waals surface area contributed by atoms with Crippen LogP contribution in [-0.4, -0.2) is 30.6 Å². The Morgan fingerprint density at radius 3 is 2.67 bits per heavy atom. The molecule has 0 spiro atoms. The van der Waals surface area contributed by atoms with Gasteiger partial charge in [0.1, 0.15) is 0 Å². The summed E-state index contributed by atoms with van der Waals surface area (Å²) in [5, 5.41) is 5.12. The summed E-state index contributed by atoms with van der Waals surface area (Å²) in [5.41, 5.74) is 1.02. The molecule has 0 radical (unpaired) electrons. The Kier molecular flexibility index (Phi) is 5.02. The van der Waals surface area contributed by atoms with Crippen molar-refractivity contribution in [1.82, 2.24) is 10.2 Å². The first-order valence-corrected chi connectivity index (χ1v) is 8.80. The number of hydrogen-bond donors (Lipinski definition) is 1. The predicted molar refractivity (Wildman–Crippen MR) is 90.6 cm³/mol. The Bertz CT molecular complexity index is 516. The van der Waals surface area contributed by atoms with Crippen molar-refractivity contribution in [2.24, 2.45) is 5.92 Å². The third-order valence-electron chi connectivity index (χ3n) is 4.62. The summed E-state index contributed by atoms with van der Waals surface area (Å²) in [4.78, 5) is 2.64. The van der Waals surface area contributed by atoms with E-state index in [1.807, 2.05) is 12.1 Å². The molecule has 1 heterocycles. The molecule has 3 rings (SSSR count). The fourth-order valence-corrected chi connectivity index (χ4v) is 3.84. The third-order valence-corrected chi connectivity index (χ3v) is 5.93. The van der Waals surface area contributed by atoms with Crippen LogP contribution < -0.4 is 5.32 Å². The summed E-state index contributed by atoms with van der Waals surface area (Å²) in [6.07, 6.45) is 4.09. The highest BCUT2D eigenvalue weighted by Gasteiger charge is 2.34. The van der Waals surface area contributed by atoms with Gasteiger partial charge in [0.15, 0.2) is 0 Å². The molecule has 2 unspecified atom stereocenters. The van der Waals surface area contributed by atoms with Gasteiger partial charge >= 0.3 is 0 Å². The number of likely N-dealkylation sites (tertiary alicyclic amines) is 1. The van der Waals surface area contributed by atoms with E-state index in [0.717, 1.165) is 24.1 Å². The zero-order valence-corrected chi connectivity index (χ0v) is 14.5. The van der Waals surface area contributed by atoms with Gasteiger partial charge in [-0.2, -0.15) is 0 Å². The van der Waals surface area contributed by atoms with E-state index in [1.54, 1.807) is 0 Å². The van der Waals surface area contributed by atoms with Crippen LogP contribution in [0.1, 0.15) is 37.8 Å². The second-order valence-corrected chi connectivity index (χ2v) is 7.44. The molecule has 116 valence electrons. The fraction of sp³-hybridized carbons (Fsp3) is 0.625. The molecule has 2 nitrogen and oxygen atoms in total. The van der Waals surface area contributed by atoms with Gasteiger partial charge in [0.05, 0.1) is 15.1 Å². The molecule has 2 atom stereocenters. The standard InChI is InChI=1S/C16H21Cl3N2/c1-10(13-4-5-14(17)16(19)15(13)18)20-8-11-6-7-21(9-11)12-2-3-12/h4-5,10-12,20H,2-3,6-9H2,1H3. The van der Waals surface area contributed by atoms with Gasteiger partial charge in [-0.15, -0.1) is 0 Å². The zero-order valence-electron chi connectivity index (χ0n) is 12.2. The molecule has 0 aromatic heterocycles. The van der Waals surface area contributed by atoms with E-state index in [1.165, 1.54) is 32.4 Å². The van der Waals surface area contributed by atoms with E-state index < -0.39 is 0 Å². The van der Waals surface area contributed by atoms with E-state index in [9.17, 15) is 0 Å². The first-order valence-electron chi connectivity index (χ1n) is 7.67. The molecular weight excluding hydrogens is 327 g/mol. The van der Waals surface area contributed by atoms with Crippen LogP contribution in [0.3, 0.4) is 0 Å². The quantitative estimate of drug-likeness (QED) is 0.771. The van der Waals surface area contributed by atoms with Crippen molar-refractivity contribution in [3.8, 4) is 0 Å². The number of hydrogen-bond acceptors (Lipinski definition) is 2. The van der Waals surface area contributed by atoms with Crippen molar-refractivity contribution in [3.05, 3.63) is 32.8 Å². The lowest BCUT2D eigenvalue weighted by Crippen LogP contribution is -2.29. The Morgan fingerprint density at radius 1 is 1.19 bits per heavy atom. The van der Waals surface area contributed by atoms with Crippen LogP contribution in [0.25, 0.3) is 0 Å². The first kappa shape index (κ1) is 15.9. The van der Waals surface area contributed by atoms with Crippen molar-refractivity contribution in [1.29, 1.82) is 0 Å². The molecule has 0 bridgehead atoms. The minimum atomic E-state index is 0.183. The second kappa shape index (κ2) is 6.64. The van der Waals surface area contributed by atoms with E-state index in [4.69, 9.17) is 34.8 Å². The largest absolute Gasteiger partial charge is 0.310 e. The lowest BCUT2D eigenvalue weighted by Gasteiger charge is -2.20. The van der Waals surface area contributed by atoms with Gasteiger partial charge in [-0.1, -0.05) is 40.9 Å². The normalized spacial score (nSPS) is 24.5. The van der Waals surface area contributed by atoms with Gasteiger partial charge in [-0.3, -0.25) is 0 Å². The Morgan fingerprint density at radius 2 is 1.95 bits per heavy atom. The minimum Gasteiger partial charge on any atom is -0.310 e. The summed E-state index contributed by atoms with van der Waals surface area (Å²) >= 11 is 18.4. The summed E-state index contributed by atoms with van der Waals surface area (Å²) in [5.74, 6) is 0.745. The van der Waals surface area contributed by atoms with Gasteiger partial charge in [-0.05, 0) is 56.8 Å². The highest BCUT2D eigenvalue weighted by molar-refractivity contribution is 6.48. The van der Waals surface area contributed by atoms with E-state index in [2.05, 4.69) is 17.1 Å². The number of nitrogens with zero attached hydrogens (tertiary/aromatic N) is 1. The molecule has 1 saturated carbocycles. The minimum absolute atomic E-state index is 0.183. The second-order valence-electron chi connectivity index (χ2n) is 6.28. The van der Waals surface area contributed by atoms with Crippen molar-refractivity contribution in [2.45, 2.75) is 38.3 Å². The van der Waals surface area contributed by atoms with Crippen molar-refractivity contribution >= 4 is 34.8 Å². The number of halogens is 3. The van der Waals surface area contributed by atoms with Crippen LogP contribution in [-0.2, 0) is 0 Å². The van der Waals surface area contributed by atoms with Crippen LogP contribution in [0.4, 0.5) is 0 Å². The average molecular weight is 348 g/mol. The highest BCUT2D eigenvalue weighted by atomic mass is 35.5. The molecule has 1 aromatic carbocycles. The van der Waals surface area contributed by atoms with E-state index >= 15 is 0 Å². The highest BCUT2D eigenvalue weighted by Crippen LogP contribution is 2.36. The molecule has 2 fully saturated rings. The lowest BCUT2D eigenvalue weighted by atomic mass is 10.1. The predicted octanol–water partition coefficient (Wildman–Crippen LogP) is 4.78. The molecule has 1 aromatic rings. The molecule has 5 heteroatoms. The van der Waals surface area contributed by atoms with Gasteiger partial charge in [-0.25, -0.2) is 0 Å². The molecule has 0 amide bonds. The third kappa shape index (κ3) is 3.68. The molecular formula is C16H21Cl3N2. The number of rotatable bonds is 5. The Balaban J connectivity index is 1.54. The topological polar surface area (TPSA) is 15.3 Å². The van der Waals surface area contributed by atoms with Crippen molar-refractivity contribution in [3.63, 3.8) is 0 Å². The maximum atomic E-state index is 6.30. The number of nitrogens with one attached hydrogen (secondary N) is 1. The summed E-state index contributed by atoms with van der Waals surface area (Å²) < 4.78 is 0. The summed E-state index contributed by atoms with van der Waals surface area (Å²) in [6.45, 7) is 5.65. The van der Waals surface area contributed by atoms with Crippen molar-refractivity contribution < 1.29 is 0 Å². The Labute approximate surface area is 141 Å². The number of benzene rings is 1.